The number of nitrogens with zero attached hydrogens (tertiary/aromatic N) is 6. The van der Waals surface area contributed by atoms with Gasteiger partial charge >= 0.3 is 0 Å². The van der Waals surface area contributed by atoms with E-state index >= 15 is 0 Å². The van der Waals surface area contributed by atoms with E-state index in [-0.39, 0.29) is 5.91 Å². The highest BCUT2D eigenvalue weighted by Gasteiger charge is 2.27. The van der Waals surface area contributed by atoms with Crippen molar-refractivity contribution in [3.63, 3.8) is 0 Å². The fourth-order valence-corrected chi connectivity index (χ4v) is 3.59. The van der Waals surface area contributed by atoms with E-state index in [1.54, 1.807) is 0 Å². The normalized spacial score (nSPS) is 20.4. The SMILES string of the molecule is CN(C)CC(=O)N1CCC(c2nnc(CN3CCOCC3)n2C)CC1. The lowest BCUT2D eigenvalue weighted by Gasteiger charge is -2.32. The van der Waals surface area contributed by atoms with Crippen LogP contribution < -0.4 is 0 Å². The highest BCUT2D eigenvalue weighted by atomic mass is 16.5. The minimum Gasteiger partial charge on any atom is -0.379 e. The molecule has 1 aromatic rings. The summed E-state index contributed by atoms with van der Waals surface area (Å²) in [5.41, 5.74) is 0. The fraction of sp³-hybridized carbons (Fsp3) is 0.824. The molecule has 8 heteroatoms. The number of ether oxygens (including phenoxy) is 1. The Morgan fingerprint density at radius 2 is 1.84 bits per heavy atom. The number of rotatable bonds is 5. The summed E-state index contributed by atoms with van der Waals surface area (Å²) in [6, 6.07) is 0. The highest BCUT2D eigenvalue weighted by Crippen LogP contribution is 2.27. The topological polar surface area (TPSA) is 66.7 Å². The summed E-state index contributed by atoms with van der Waals surface area (Å²) in [4.78, 5) is 18.4. The summed E-state index contributed by atoms with van der Waals surface area (Å²) in [6.45, 7) is 6.43. The Labute approximate surface area is 149 Å². The molecule has 1 aromatic heterocycles. The first-order chi connectivity index (χ1) is 12.0. The smallest absolute Gasteiger partial charge is 0.236 e. The minimum absolute atomic E-state index is 0.217. The van der Waals surface area contributed by atoms with E-state index in [0.717, 1.165) is 70.4 Å². The highest BCUT2D eigenvalue weighted by molar-refractivity contribution is 5.78. The maximum absolute atomic E-state index is 12.2. The van der Waals surface area contributed by atoms with Crippen molar-refractivity contribution in [3.05, 3.63) is 11.6 Å². The molecule has 0 saturated carbocycles. The summed E-state index contributed by atoms with van der Waals surface area (Å²) < 4.78 is 7.55. The predicted molar refractivity (Wildman–Crippen MR) is 94.2 cm³/mol. The van der Waals surface area contributed by atoms with Gasteiger partial charge in [0.25, 0.3) is 0 Å². The van der Waals surface area contributed by atoms with Gasteiger partial charge in [-0.25, -0.2) is 0 Å². The summed E-state index contributed by atoms with van der Waals surface area (Å²) in [5.74, 6) is 2.68. The first-order valence-corrected chi connectivity index (χ1v) is 9.15. The number of piperidine rings is 1. The third kappa shape index (κ3) is 4.56. The summed E-state index contributed by atoms with van der Waals surface area (Å²) in [6.07, 6.45) is 1.92. The number of hydrogen-bond acceptors (Lipinski definition) is 6. The third-order valence-corrected chi connectivity index (χ3v) is 5.13. The van der Waals surface area contributed by atoms with Gasteiger partial charge in [-0.15, -0.1) is 10.2 Å². The number of likely N-dealkylation sites (tertiary alicyclic amines) is 1. The van der Waals surface area contributed by atoms with Crippen molar-refractivity contribution >= 4 is 5.91 Å². The van der Waals surface area contributed by atoms with E-state index in [2.05, 4.69) is 26.7 Å². The summed E-state index contributed by atoms with van der Waals surface area (Å²) >= 11 is 0. The van der Waals surface area contributed by atoms with E-state index in [0.29, 0.717) is 12.5 Å². The van der Waals surface area contributed by atoms with Crippen molar-refractivity contribution in [1.29, 1.82) is 0 Å². The molecule has 1 amide bonds. The molecule has 3 rings (SSSR count). The van der Waals surface area contributed by atoms with E-state index in [1.807, 2.05) is 23.9 Å². The Bertz CT molecular complexity index is 574. The molecular formula is C17H30N6O2. The Hall–Kier alpha value is -1.51. The first kappa shape index (κ1) is 18.3. The van der Waals surface area contributed by atoms with Gasteiger partial charge in [-0.1, -0.05) is 0 Å². The average molecular weight is 350 g/mol. The molecule has 8 nitrogen and oxygen atoms in total. The van der Waals surface area contributed by atoms with Crippen LogP contribution in [0.3, 0.4) is 0 Å². The van der Waals surface area contributed by atoms with Crippen LogP contribution >= 0.6 is 0 Å². The van der Waals surface area contributed by atoms with Crippen LogP contribution in [-0.4, -0.2) is 95.4 Å². The molecule has 3 heterocycles. The van der Waals surface area contributed by atoms with Crippen molar-refractivity contribution in [2.24, 2.45) is 7.05 Å². The van der Waals surface area contributed by atoms with Crippen LogP contribution in [0.15, 0.2) is 0 Å². The second kappa shape index (κ2) is 8.25. The van der Waals surface area contributed by atoms with Gasteiger partial charge in [-0.2, -0.15) is 0 Å². The number of likely N-dealkylation sites (N-methyl/N-ethyl adjacent to an activating group) is 1. The zero-order chi connectivity index (χ0) is 17.8. The lowest BCUT2D eigenvalue weighted by molar-refractivity contribution is -0.132. The summed E-state index contributed by atoms with van der Waals surface area (Å²) in [5, 5.41) is 8.89. The molecule has 2 fully saturated rings. The number of morpholine rings is 1. The van der Waals surface area contributed by atoms with E-state index in [4.69, 9.17) is 4.74 Å². The van der Waals surface area contributed by atoms with Gasteiger partial charge in [0.05, 0.1) is 26.3 Å². The monoisotopic (exact) mass is 350 g/mol. The van der Waals surface area contributed by atoms with Crippen LogP contribution in [0, 0.1) is 0 Å². The molecule has 2 aliphatic heterocycles. The average Bonchev–Trinajstić information content (AvgIpc) is 2.96. The number of amides is 1. The van der Waals surface area contributed by atoms with E-state index in [1.165, 1.54) is 0 Å². The van der Waals surface area contributed by atoms with Crippen LogP contribution in [0.5, 0.6) is 0 Å². The van der Waals surface area contributed by atoms with Crippen LogP contribution in [0.2, 0.25) is 0 Å². The van der Waals surface area contributed by atoms with Crippen molar-refractivity contribution < 1.29 is 9.53 Å². The van der Waals surface area contributed by atoms with Crippen LogP contribution in [0.1, 0.15) is 30.4 Å². The molecule has 25 heavy (non-hydrogen) atoms. The van der Waals surface area contributed by atoms with Gasteiger partial charge in [0, 0.05) is 39.1 Å². The number of carbonyl (C=O) groups excluding carboxylic acids is 1. The molecule has 0 unspecified atom stereocenters. The van der Waals surface area contributed by atoms with Crippen molar-refractivity contribution in [2.75, 3.05) is 60.0 Å². The number of carbonyl (C=O) groups is 1. The summed E-state index contributed by atoms with van der Waals surface area (Å²) in [7, 11) is 5.93. The molecule has 0 radical (unpaired) electrons. The Morgan fingerprint density at radius 3 is 2.48 bits per heavy atom. The fourth-order valence-electron chi connectivity index (χ4n) is 3.59. The standard InChI is InChI=1S/C17H30N6O2/c1-20(2)13-16(24)23-6-4-14(5-7-23)17-19-18-15(21(17)3)12-22-8-10-25-11-9-22/h14H,4-13H2,1-3H3. The maximum atomic E-state index is 12.2. The molecule has 2 saturated heterocycles. The van der Waals surface area contributed by atoms with Crippen LogP contribution in [0.4, 0.5) is 0 Å². The maximum Gasteiger partial charge on any atom is 0.236 e. The Kier molecular flexibility index (Phi) is 6.03. The van der Waals surface area contributed by atoms with Crippen LogP contribution in [-0.2, 0) is 23.1 Å². The Balaban J connectivity index is 1.55. The van der Waals surface area contributed by atoms with Gasteiger partial charge < -0.3 is 19.1 Å². The number of hydrogen-bond donors (Lipinski definition) is 0. The molecule has 2 aliphatic rings. The molecule has 140 valence electrons. The van der Waals surface area contributed by atoms with Gasteiger partial charge in [0.15, 0.2) is 0 Å². The molecule has 0 spiro atoms. The van der Waals surface area contributed by atoms with E-state index < -0.39 is 0 Å². The second-order valence-electron chi connectivity index (χ2n) is 7.31. The molecule has 0 atom stereocenters. The van der Waals surface area contributed by atoms with Gasteiger partial charge in [0.2, 0.25) is 5.91 Å². The molecule has 0 aromatic carbocycles. The van der Waals surface area contributed by atoms with Crippen molar-refractivity contribution in [1.82, 2.24) is 29.5 Å². The molecule has 0 aliphatic carbocycles. The lowest BCUT2D eigenvalue weighted by atomic mass is 9.96. The largest absolute Gasteiger partial charge is 0.379 e. The van der Waals surface area contributed by atoms with E-state index in [9.17, 15) is 4.79 Å². The van der Waals surface area contributed by atoms with Crippen LogP contribution in [0.25, 0.3) is 0 Å². The van der Waals surface area contributed by atoms with Gasteiger partial charge in [-0.3, -0.25) is 9.69 Å². The zero-order valence-corrected chi connectivity index (χ0v) is 15.6. The molecular weight excluding hydrogens is 320 g/mol. The van der Waals surface area contributed by atoms with Gasteiger partial charge in [-0.05, 0) is 26.9 Å². The first-order valence-electron chi connectivity index (χ1n) is 9.15. The zero-order valence-electron chi connectivity index (χ0n) is 15.6. The molecule has 0 bridgehead atoms. The molecule has 0 N–H and O–H groups in total. The van der Waals surface area contributed by atoms with Gasteiger partial charge in [0.1, 0.15) is 11.6 Å². The third-order valence-electron chi connectivity index (χ3n) is 5.13. The quantitative estimate of drug-likeness (QED) is 0.740. The minimum atomic E-state index is 0.217. The van der Waals surface area contributed by atoms with Crippen molar-refractivity contribution in [2.45, 2.75) is 25.3 Å². The predicted octanol–water partition coefficient (Wildman–Crippen LogP) is -0.0851. The Morgan fingerprint density at radius 1 is 1.16 bits per heavy atom. The number of aromatic nitrogens is 3. The second-order valence-corrected chi connectivity index (χ2v) is 7.31. The van der Waals surface area contributed by atoms with Crippen molar-refractivity contribution in [3.8, 4) is 0 Å². The lowest BCUT2D eigenvalue weighted by Crippen LogP contribution is -2.42.